The van der Waals surface area contributed by atoms with Gasteiger partial charge in [-0.1, -0.05) is 29.5 Å². The Labute approximate surface area is 183 Å². The molecule has 1 atom stereocenters. The predicted octanol–water partition coefficient (Wildman–Crippen LogP) is 2.70. The van der Waals surface area contributed by atoms with Crippen LogP contribution in [0.3, 0.4) is 0 Å². The second kappa shape index (κ2) is 8.27. The van der Waals surface area contributed by atoms with Crippen LogP contribution in [0.2, 0.25) is 0 Å². The third-order valence-corrected chi connectivity index (χ3v) is 7.20. The van der Waals surface area contributed by atoms with E-state index >= 15 is 0 Å². The number of likely N-dealkylation sites (tertiary alicyclic amines) is 1. The molecule has 0 radical (unpaired) electrons. The molecule has 2 aromatic carbocycles. The van der Waals surface area contributed by atoms with E-state index in [9.17, 15) is 18.0 Å². The van der Waals surface area contributed by atoms with Gasteiger partial charge >= 0.3 is 0 Å². The van der Waals surface area contributed by atoms with E-state index in [0.717, 1.165) is 11.8 Å². The van der Waals surface area contributed by atoms with Gasteiger partial charge < -0.3 is 15.0 Å². The highest BCUT2D eigenvalue weighted by Crippen LogP contribution is 2.30. The van der Waals surface area contributed by atoms with Gasteiger partial charge in [0.2, 0.25) is 11.8 Å². The molecule has 3 aromatic rings. The second-order valence-corrected chi connectivity index (χ2v) is 10.4. The molecule has 2 heterocycles. The molecule has 1 saturated heterocycles. The highest BCUT2D eigenvalue weighted by Gasteiger charge is 2.35. The molecule has 0 saturated carbocycles. The van der Waals surface area contributed by atoms with Crippen LogP contribution in [0.5, 0.6) is 5.75 Å². The maximum Gasteiger partial charge on any atom is 0.231 e. The molecular weight excluding hydrogens is 438 g/mol. The zero-order chi connectivity index (χ0) is 22.2. The van der Waals surface area contributed by atoms with Crippen molar-refractivity contribution in [3.05, 3.63) is 48.0 Å². The summed E-state index contributed by atoms with van der Waals surface area (Å²) in [6.45, 7) is 0.688. The van der Waals surface area contributed by atoms with Gasteiger partial charge in [0.15, 0.2) is 15.0 Å². The maximum absolute atomic E-state index is 12.7. The second-order valence-electron chi connectivity index (χ2n) is 7.40. The standard InChI is InChI=1S/C21H21N3O5S2/c1-29-17-6-4-3-5-13(17)11-24-12-14(9-19(24)25)20(26)23-21-22-16-8-7-15(31(2,27)28)10-18(16)30-21/h3-8,10,14H,9,11-12H2,1-2H3,(H,22,23,26)/t14-/m0/s1. The summed E-state index contributed by atoms with van der Waals surface area (Å²) in [4.78, 5) is 31.4. The van der Waals surface area contributed by atoms with Crippen LogP contribution in [-0.2, 0) is 26.0 Å². The Kier molecular flexibility index (Phi) is 5.67. The van der Waals surface area contributed by atoms with Crippen molar-refractivity contribution in [2.75, 3.05) is 25.2 Å². The number of hydrogen-bond donors (Lipinski definition) is 1. The van der Waals surface area contributed by atoms with Gasteiger partial charge in [0, 0.05) is 31.3 Å². The number of methoxy groups -OCH3 is 1. The van der Waals surface area contributed by atoms with Crippen LogP contribution in [0.4, 0.5) is 5.13 Å². The van der Waals surface area contributed by atoms with Gasteiger partial charge in [0.1, 0.15) is 5.75 Å². The number of ether oxygens (including phenoxy) is 1. The molecule has 31 heavy (non-hydrogen) atoms. The van der Waals surface area contributed by atoms with Gasteiger partial charge in [0.25, 0.3) is 0 Å². The van der Waals surface area contributed by atoms with Gasteiger partial charge in [-0.05, 0) is 24.3 Å². The lowest BCUT2D eigenvalue weighted by molar-refractivity contribution is -0.128. The lowest BCUT2D eigenvalue weighted by Gasteiger charge is -2.18. The number of nitrogens with zero attached hydrogens (tertiary/aromatic N) is 2. The number of hydrogen-bond acceptors (Lipinski definition) is 7. The molecule has 1 aliphatic heterocycles. The minimum absolute atomic E-state index is 0.0897. The van der Waals surface area contributed by atoms with Gasteiger partial charge in [0.05, 0.1) is 28.1 Å². The topological polar surface area (TPSA) is 106 Å². The number of nitrogens with one attached hydrogen (secondary N) is 1. The Bertz CT molecular complexity index is 1270. The number of rotatable bonds is 6. The first kappa shape index (κ1) is 21.3. The van der Waals surface area contributed by atoms with Crippen molar-refractivity contribution in [1.29, 1.82) is 0 Å². The molecule has 1 aromatic heterocycles. The van der Waals surface area contributed by atoms with Crippen molar-refractivity contribution in [2.24, 2.45) is 5.92 Å². The summed E-state index contributed by atoms with van der Waals surface area (Å²) >= 11 is 1.20. The van der Waals surface area contributed by atoms with Crippen molar-refractivity contribution in [2.45, 2.75) is 17.9 Å². The van der Waals surface area contributed by atoms with Crippen molar-refractivity contribution in [1.82, 2.24) is 9.88 Å². The number of amides is 2. The Morgan fingerprint density at radius 1 is 1.29 bits per heavy atom. The first-order chi connectivity index (χ1) is 14.7. The Morgan fingerprint density at radius 2 is 2.06 bits per heavy atom. The number of carbonyl (C=O) groups is 2. The van der Waals surface area contributed by atoms with Crippen LogP contribution in [0.1, 0.15) is 12.0 Å². The Morgan fingerprint density at radius 3 is 2.81 bits per heavy atom. The molecule has 1 N–H and O–H groups in total. The summed E-state index contributed by atoms with van der Waals surface area (Å²) < 4.78 is 29.5. The van der Waals surface area contributed by atoms with E-state index in [0.29, 0.717) is 34.2 Å². The van der Waals surface area contributed by atoms with E-state index in [4.69, 9.17) is 4.74 Å². The fraction of sp³-hybridized carbons (Fsp3) is 0.286. The molecule has 4 rings (SSSR count). The average molecular weight is 460 g/mol. The number of carbonyl (C=O) groups excluding carboxylic acids is 2. The zero-order valence-corrected chi connectivity index (χ0v) is 18.6. The van der Waals surface area contributed by atoms with Gasteiger partial charge in [-0.15, -0.1) is 0 Å². The summed E-state index contributed by atoms with van der Waals surface area (Å²) in [7, 11) is -1.74. The van der Waals surface area contributed by atoms with Crippen LogP contribution < -0.4 is 10.1 Å². The van der Waals surface area contributed by atoms with E-state index < -0.39 is 15.8 Å². The van der Waals surface area contributed by atoms with Crippen molar-refractivity contribution < 1.29 is 22.7 Å². The van der Waals surface area contributed by atoms with Gasteiger partial charge in [-0.3, -0.25) is 9.59 Å². The number of aromatic nitrogens is 1. The first-order valence-corrected chi connectivity index (χ1v) is 12.3. The monoisotopic (exact) mass is 459 g/mol. The minimum Gasteiger partial charge on any atom is -0.496 e. The third-order valence-electron chi connectivity index (χ3n) is 5.16. The number of sulfone groups is 1. The van der Waals surface area contributed by atoms with E-state index in [1.807, 2.05) is 24.3 Å². The first-order valence-electron chi connectivity index (χ1n) is 9.56. The largest absolute Gasteiger partial charge is 0.496 e. The molecule has 0 aliphatic carbocycles. The van der Waals surface area contributed by atoms with Crippen LogP contribution >= 0.6 is 11.3 Å². The number of fused-ring (bicyclic) bond motifs is 1. The summed E-state index contributed by atoms with van der Waals surface area (Å²) in [5, 5.41) is 3.15. The van der Waals surface area contributed by atoms with Gasteiger partial charge in [-0.2, -0.15) is 0 Å². The molecule has 8 nitrogen and oxygen atoms in total. The van der Waals surface area contributed by atoms with E-state index in [1.165, 1.54) is 17.4 Å². The zero-order valence-electron chi connectivity index (χ0n) is 17.0. The molecule has 1 aliphatic rings. The molecule has 0 spiro atoms. The molecule has 2 amide bonds. The fourth-order valence-corrected chi connectivity index (χ4v) is 5.17. The molecule has 0 bridgehead atoms. The predicted molar refractivity (Wildman–Crippen MR) is 118 cm³/mol. The van der Waals surface area contributed by atoms with Crippen molar-refractivity contribution >= 4 is 48.3 Å². The quantitative estimate of drug-likeness (QED) is 0.608. The van der Waals surface area contributed by atoms with Crippen LogP contribution in [0, 0.1) is 5.92 Å². The maximum atomic E-state index is 12.7. The van der Waals surface area contributed by atoms with E-state index in [1.54, 1.807) is 24.1 Å². The minimum atomic E-state index is -3.32. The summed E-state index contributed by atoms with van der Waals surface area (Å²) in [6.07, 6.45) is 1.27. The van der Waals surface area contributed by atoms with Crippen LogP contribution in [-0.4, -0.2) is 50.0 Å². The van der Waals surface area contributed by atoms with Crippen molar-refractivity contribution in [3.8, 4) is 5.75 Å². The molecule has 1 fully saturated rings. The van der Waals surface area contributed by atoms with E-state index in [-0.39, 0.29) is 23.1 Å². The lowest BCUT2D eigenvalue weighted by Crippen LogP contribution is -2.28. The number of thiazole rings is 1. The fourth-order valence-electron chi connectivity index (χ4n) is 3.54. The normalized spacial score (nSPS) is 16.6. The molecule has 10 heteroatoms. The SMILES string of the molecule is COc1ccccc1CN1C[C@@H](C(=O)Nc2nc3ccc(S(C)(=O)=O)cc3s2)CC1=O. The molecule has 0 unspecified atom stereocenters. The summed E-state index contributed by atoms with van der Waals surface area (Å²) in [5.74, 6) is -0.154. The van der Waals surface area contributed by atoms with Crippen molar-refractivity contribution in [3.63, 3.8) is 0 Å². The number of anilines is 1. The number of para-hydroxylation sites is 1. The average Bonchev–Trinajstić information content (AvgIpc) is 3.30. The molecule has 162 valence electrons. The Balaban J connectivity index is 1.45. The Hall–Kier alpha value is -2.98. The molecular formula is C21H21N3O5S2. The highest BCUT2D eigenvalue weighted by atomic mass is 32.2. The smallest absolute Gasteiger partial charge is 0.231 e. The van der Waals surface area contributed by atoms with E-state index in [2.05, 4.69) is 10.3 Å². The summed E-state index contributed by atoms with van der Waals surface area (Å²) in [5.41, 5.74) is 1.49. The summed E-state index contributed by atoms with van der Waals surface area (Å²) in [6, 6.07) is 12.1. The van der Waals surface area contributed by atoms with Gasteiger partial charge in [-0.25, -0.2) is 13.4 Å². The lowest BCUT2D eigenvalue weighted by atomic mass is 10.1. The van der Waals surface area contributed by atoms with Crippen LogP contribution in [0.25, 0.3) is 10.2 Å². The number of benzene rings is 2. The third kappa shape index (κ3) is 4.54. The van der Waals surface area contributed by atoms with Crippen LogP contribution in [0.15, 0.2) is 47.4 Å². The highest BCUT2D eigenvalue weighted by molar-refractivity contribution is 7.90.